The van der Waals surface area contributed by atoms with Gasteiger partial charge in [-0.3, -0.25) is 0 Å². The number of halogens is 2. The Bertz CT molecular complexity index is 942. The summed E-state index contributed by atoms with van der Waals surface area (Å²) in [6.45, 7) is 0. The van der Waals surface area contributed by atoms with E-state index < -0.39 is 26.6 Å². The zero-order valence-corrected chi connectivity index (χ0v) is 12.3. The first-order chi connectivity index (χ1) is 11.0. The Hall–Kier alpha value is -2.81. The highest BCUT2D eigenvalue weighted by Crippen LogP contribution is 2.18. The third-order valence-corrected chi connectivity index (χ3v) is 4.28. The van der Waals surface area contributed by atoms with Crippen LogP contribution in [-0.4, -0.2) is 23.2 Å². The second kappa shape index (κ2) is 5.76. The zero-order chi connectivity index (χ0) is 16.4. The number of sulfonamides is 1. The number of rotatable bonds is 4. The van der Waals surface area contributed by atoms with Crippen LogP contribution in [0.15, 0.2) is 59.8 Å². The maximum absolute atomic E-state index is 13.6. The first kappa shape index (κ1) is 15.1. The summed E-state index contributed by atoms with van der Waals surface area (Å²) in [5.41, 5.74) is 0.679. The first-order valence-electron chi connectivity index (χ1n) is 6.41. The van der Waals surface area contributed by atoms with E-state index in [1.807, 2.05) is 6.07 Å². The molecule has 0 fully saturated rings. The minimum atomic E-state index is -4.26. The monoisotopic (exact) mass is 336 g/mol. The maximum atomic E-state index is 13.6. The number of benzene rings is 2. The molecule has 0 aliphatic carbocycles. The van der Waals surface area contributed by atoms with Gasteiger partial charge in [-0.2, -0.15) is 4.98 Å². The van der Waals surface area contributed by atoms with E-state index >= 15 is 0 Å². The summed E-state index contributed by atoms with van der Waals surface area (Å²) in [4.78, 5) is 3.13. The minimum Gasteiger partial charge on any atom is -0.246 e. The smallest absolute Gasteiger partial charge is 0.246 e. The van der Waals surface area contributed by atoms with E-state index in [0.717, 1.165) is 12.1 Å². The lowest BCUT2D eigenvalue weighted by Crippen LogP contribution is -2.16. The van der Waals surface area contributed by atoms with Crippen LogP contribution in [0.3, 0.4) is 0 Å². The molecule has 0 amide bonds. The molecule has 23 heavy (non-hydrogen) atoms. The quantitative estimate of drug-likeness (QED) is 0.793. The van der Waals surface area contributed by atoms with Gasteiger partial charge in [0.1, 0.15) is 22.9 Å². The Morgan fingerprint density at radius 1 is 1.04 bits per heavy atom. The minimum absolute atomic E-state index is 0.224. The van der Waals surface area contributed by atoms with Crippen LogP contribution in [0.25, 0.3) is 5.69 Å². The van der Waals surface area contributed by atoms with Gasteiger partial charge in [-0.25, -0.2) is 26.6 Å². The van der Waals surface area contributed by atoms with Crippen LogP contribution >= 0.6 is 0 Å². The fourth-order valence-corrected chi connectivity index (χ4v) is 2.89. The summed E-state index contributed by atoms with van der Waals surface area (Å²) in [6, 6.07) is 11.1. The zero-order valence-electron chi connectivity index (χ0n) is 11.5. The Kier molecular flexibility index (Phi) is 3.78. The molecule has 0 bridgehead atoms. The number of anilines is 1. The molecular weight excluding hydrogens is 326 g/mol. The highest BCUT2D eigenvalue weighted by molar-refractivity contribution is 7.92. The third kappa shape index (κ3) is 3.19. The fourth-order valence-electron chi connectivity index (χ4n) is 1.88. The molecule has 118 valence electrons. The van der Waals surface area contributed by atoms with Crippen molar-refractivity contribution in [2.45, 2.75) is 4.90 Å². The van der Waals surface area contributed by atoms with Crippen molar-refractivity contribution in [3.8, 4) is 5.69 Å². The predicted octanol–water partition coefficient (Wildman–Crippen LogP) is 2.35. The lowest BCUT2D eigenvalue weighted by atomic mass is 10.3. The fraction of sp³-hybridized carbons (Fsp3) is 0. The molecule has 0 aliphatic rings. The molecule has 0 unspecified atom stereocenters. The molecule has 1 N–H and O–H groups in total. The van der Waals surface area contributed by atoms with Crippen molar-refractivity contribution in [3.63, 3.8) is 0 Å². The SMILES string of the molecule is O=S(=O)(Nc1ncn(-c2ccccc2)n1)c1ccc(F)cc1F. The number of para-hydroxylation sites is 1. The average molecular weight is 336 g/mol. The largest absolute Gasteiger partial charge is 0.267 e. The number of nitrogens with zero attached hydrogens (tertiary/aromatic N) is 3. The molecule has 0 saturated carbocycles. The van der Waals surface area contributed by atoms with Crippen molar-refractivity contribution < 1.29 is 17.2 Å². The summed E-state index contributed by atoms with van der Waals surface area (Å²) >= 11 is 0. The van der Waals surface area contributed by atoms with E-state index in [1.54, 1.807) is 24.3 Å². The molecule has 6 nitrogen and oxygen atoms in total. The number of hydrogen-bond acceptors (Lipinski definition) is 4. The maximum Gasteiger partial charge on any atom is 0.267 e. The molecule has 0 saturated heterocycles. The van der Waals surface area contributed by atoms with Crippen LogP contribution in [0, 0.1) is 11.6 Å². The summed E-state index contributed by atoms with van der Waals surface area (Å²) in [7, 11) is -4.26. The molecule has 0 atom stereocenters. The van der Waals surface area contributed by atoms with Gasteiger partial charge >= 0.3 is 0 Å². The Balaban J connectivity index is 1.88. The van der Waals surface area contributed by atoms with Crippen molar-refractivity contribution >= 4 is 16.0 Å². The van der Waals surface area contributed by atoms with Gasteiger partial charge in [-0.15, -0.1) is 5.10 Å². The van der Waals surface area contributed by atoms with E-state index in [-0.39, 0.29) is 5.95 Å². The molecule has 0 radical (unpaired) electrons. The van der Waals surface area contributed by atoms with Gasteiger partial charge in [0.25, 0.3) is 16.0 Å². The molecular formula is C14H10F2N4O2S. The average Bonchev–Trinajstić information content (AvgIpc) is 2.95. The van der Waals surface area contributed by atoms with Crippen molar-refractivity contribution in [1.82, 2.24) is 14.8 Å². The van der Waals surface area contributed by atoms with Gasteiger partial charge in [0.2, 0.25) is 0 Å². The highest BCUT2D eigenvalue weighted by atomic mass is 32.2. The van der Waals surface area contributed by atoms with E-state index in [9.17, 15) is 17.2 Å². The highest BCUT2D eigenvalue weighted by Gasteiger charge is 2.21. The summed E-state index contributed by atoms with van der Waals surface area (Å²) < 4.78 is 54.1. The van der Waals surface area contributed by atoms with Crippen molar-refractivity contribution in [3.05, 3.63) is 66.5 Å². The van der Waals surface area contributed by atoms with Gasteiger partial charge in [-0.1, -0.05) is 18.2 Å². The molecule has 1 aromatic heterocycles. The Morgan fingerprint density at radius 3 is 2.48 bits per heavy atom. The van der Waals surface area contributed by atoms with Crippen molar-refractivity contribution in [2.75, 3.05) is 4.72 Å². The molecule has 2 aromatic carbocycles. The van der Waals surface area contributed by atoms with E-state index in [0.29, 0.717) is 11.8 Å². The Morgan fingerprint density at radius 2 is 1.78 bits per heavy atom. The Labute approximate surface area is 130 Å². The van der Waals surface area contributed by atoms with Crippen LogP contribution in [-0.2, 0) is 10.0 Å². The van der Waals surface area contributed by atoms with Crippen LogP contribution < -0.4 is 4.72 Å². The first-order valence-corrected chi connectivity index (χ1v) is 7.89. The van der Waals surface area contributed by atoms with Crippen LogP contribution in [0.2, 0.25) is 0 Å². The lowest BCUT2D eigenvalue weighted by Gasteiger charge is -2.05. The number of hydrogen-bond donors (Lipinski definition) is 1. The molecule has 0 aliphatic heterocycles. The number of nitrogens with one attached hydrogen (secondary N) is 1. The van der Waals surface area contributed by atoms with Gasteiger partial charge in [-0.05, 0) is 24.3 Å². The molecule has 3 aromatic rings. The van der Waals surface area contributed by atoms with Crippen LogP contribution in [0.5, 0.6) is 0 Å². The normalized spacial score (nSPS) is 11.4. The molecule has 1 heterocycles. The van der Waals surface area contributed by atoms with E-state index in [2.05, 4.69) is 14.8 Å². The predicted molar refractivity (Wildman–Crippen MR) is 78.5 cm³/mol. The van der Waals surface area contributed by atoms with Gasteiger partial charge in [0, 0.05) is 6.07 Å². The number of aromatic nitrogens is 3. The van der Waals surface area contributed by atoms with Crippen LogP contribution in [0.1, 0.15) is 0 Å². The standard InChI is InChI=1S/C14H10F2N4O2S/c15-10-6-7-13(12(16)8-10)23(21,22)19-14-17-9-20(18-14)11-4-2-1-3-5-11/h1-9H,(H,18,19). The molecule has 9 heteroatoms. The summed E-state index contributed by atoms with van der Waals surface area (Å²) in [6.07, 6.45) is 1.31. The van der Waals surface area contributed by atoms with Crippen molar-refractivity contribution in [1.29, 1.82) is 0 Å². The lowest BCUT2D eigenvalue weighted by molar-refractivity contribution is 0.551. The van der Waals surface area contributed by atoms with Gasteiger partial charge in [0.15, 0.2) is 0 Å². The van der Waals surface area contributed by atoms with Crippen molar-refractivity contribution in [2.24, 2.45) is 0 Å². The molecule has 0 spiro atoms. The van der Waals surface area contributed by atoms with E-state index in [4.69, 9.17) is 0 Å². The second-order valence-corrected chi connectivity index (χ2v) is 6.18. The summed E-state index contributed by atoms with van der Waals surface area (Å²) in [5, 5.41) is 3.96. The second-order valence-electron chi connectivity index (χ2n) is 4.53. The van der Waals surface area contributed by atoms with Gasteiger partial charge in [0.05, 0.1) is 5.69 Å². The summed E-state index contributed by atoms with van der Waals surface area (Å²) in [5.74, 6) is -2.29. The van der Waals surface area contributed by atoms with Gasteiger partial charge < -0.3 is 0 Å². The topological polar surface area (TPSA) is 76.9 Å². The molecule has 3 rings (SSSR count). The third-order valence-electron chi connectivity index (χ3n) is 2.92. The van der Waals surface area contributed by atoms with E-state index in [1.165, 1.54) is 11.0 Å². The van der Waals surface area contributed by atoms with Crippen LogP contribution in [0.4, 0.5) is 14.7 Å².